The van der Waals surface area contributed by atoms with E-state index in [9.17, 15) is 4.79 Å². The molecule has 4 heteroatoms. The van der Waals surface area contributed by atoms with Gasteiger partial charge in [-0.05, 0) is 25.1 Å². The molecule has 2 aromatic rings. The Balaban J connectivity index is 1.85. The van der Waals surface area contributed by atoms with Gasteiger partial charge in [-0.1, -0.05) is 29.8 Å². The second-order valence-electron chi connectivity index (χ2n) is 5.40. The van der Waals surface area contributed by atoms with Crippen LogP contribution in [0.2, 0.25) is 0 Å². The van der Waals surface area contributed by atoms with Crippen molar-refractivity contribution < 1.29 is 14.3 Å². The van der Waals surface area contributed by atoms with Crippen LogP contribution in [-0.4, -0.2) is 19.6 Å². The summed E-state index contributed by atoms with van der Waals surface area (Å²) in [4.78, 5) is 12.6. The van der Waals surface area contributed by atoms with Gasteiger partial charge in [-0.15, -0.1) is 0 Å². The third-order valence-electron chi connectivity index (χ3n) is 3.86. The van der Waals surface area contributed by atoms with Crippen molar-refractivity contribution in [1.82, 2.24) is 5.32 Å². The Hall–Kier alpha value is -2.49. The van der Waals surface area contributed by atoms with E-state index in [0.717, 1.165) is 23.3 Å². The first kappa shape index (κ1) is 14.4. The van der Waals surface area contributed by atoms with E-state index in [2.05, 4.69) is 5.32 Å². The lowest BCUT2D eigenvalue weighted by Crippen LogP contribution is -2.32. The highest BCUT2D eigenvalue weighted by Crippen LogP contribution is 2.32. The number of para-hydroxylation sites is 1. The van der Waals surface area contributed by atoms with Gasteiger partial charge >= 0.3 is 0 Å². The molecule has 1 amide bonds. The number of fused-ring (bicyclic) bond motifs is 1. The van der Waals surface area contributed by atoms with Crippen LogP contribution in [-0.2, 0) is 0 Å². The van der Waals surface area contributed by atoms with Crippen LogP contribution in [0.15, 0.2) is 42.5 Å². The summed E-state index contributed by atoms with van der Waals surface area (Å²) in [5.74, 6) is 1.31. The highest BCUT2D eigenvalue weighted by atomic mass is 16.5. The van der Waals surface area contributed by atoms with Crippen LogP contribution in [0, 0.1) is 6.92 Å². The van der Waals surface area contributed by atoms with Gasteiger partial charge in [-0.3, -0.25) is 4.79 Å². The maximum absolute atomic E-state index is 12.6. The van der Waals surface area contributed by atoms with E-state index < -0.39 is 0 Å². The molecule has 0 spiro atoms. The molecule has 1 aliphatic rings. The van der Waals surface area contributed by atoms with Crippen molar-refractivity contribution in [3.05, 3.63) is 59.2 Å². The summed E-state index contributed by atoms with van der Waals surface area (Å²) in [6.07, 6.45) is 0.761. The summed E-state index contributed by atoms with van der Waals surface area (Å²) in [5.41, 5.74) is 2.61. The number of hydrogen-bond donors (Lipinski definition) is 1. The van der Waals surface area contributed by atoms with Crippen molar-refractivity contribution in [3.8, 4) is 11.5 Å². The van der Waals surface area contributed by atoms with Crippen molar-refractivity contribution >= 4 is 5.91 Å². The molecule has 0 unspecified atom stereocenters. The number of aryl methyl sites for hydroxylation is 1. The van der Waals surface area contributed by atoms with E-state index in [0.29, 0.717) is 17.9 Å². The van der Waals surface area contributed by atoms with Crippen LogP contribution < -0.4 is 14.8 Å². The molecule has 0 aromatic heterocycles. The summed E-state index contributed by atoms with van der Waals surface area (Å²) in [6.45, 7) is 2.56. The zero-order valence-corrected chi connectivity index (χ0v) is 12.8. The Bertz CT molecular complexity index is 696. The Morgan fingerprint density at radius 1 is 1.27 bits per heavy atom. The molecule has 0 bridgehead atoms. The number of ether oxygens (including phenoxy) is 2. The van der Waals surface area contributed by atoms with Crippen molar-refractivity contribution in [1.29, 1.82) is 0 Å². The maximum Gasteiger partial charge on any atom is 0.255 e. The Kier molecular flexibility index (Phi) is 4.00. The molecule has 1 atom stereocenters. The molecular weight excluding hydrogens is 278 g/mol. The lowest BCUT2D eigenvalue weighted by Gasteiger charge is -2.26. The van der Waals surface area contributed by atoms with Gasteiger partial charge in [0.15, 0.2) is 0 Å². The minimum atomic E-state index is -0.123. The minimum Gasteiger partial charge on any atom is -0.496 e. The number of nitrogens with one attached hydrogen (secondary N) is 1. The lowest BCUT2D eigenvalue weighted by molar-refractivity contribution is 0.0921. The van der Waals surface area contributed by atoms with E-state index in [1.807, 2.05) is 49.4 Å². The number of carbonyl (C=O) groups is 1. The smallest absolute Gasteiger partial charge is 0.255 e. The second-order valence-corrected chi connectivity index (χ2v) is 5.40. The van der Waals surface area contributed by atoms with Gasteiger partial charge in [-0.25, -0.2) is 0 Å². The van der Waals surface area contributed by atoms with Gasteiger partial charge in [-0.2, -0.15) is 0 Å². The molecule has 22 heavy (non-hydrogen) atoms. The Morgan fingerprint density at radius 2 is 2.09 bits per heavy atom. The third-order valence-corrected chi connectivity index (χ3v) is 3.86. The second kappa shape index (κ2) is 6.10. The normalized spacial score (nSPS) is 16.4. The van der Waals surface area contributed by atoms with Gasteiger partial charge in [0.2, 0.25) is 0 Å². The topological polar surface area (TPSA) is 47.6 Å². The molecule has 3 rings (SSSR count). The molecule has 0 fully saturated rings. The van der Waals surface area contributed by atoms with Crippen molar-refractivity contribution in [3.63, 3.8) is 0 Å². The fourth-order valence-electron chi connectivity index (χ4n) is 2.73. The van der Waals surface area contributed by atoms with Crippen LogP contribution in [0.5, 0.6) is 11.5 Å². The van der Waals surface area contributed by atoms with Gasteiger partial charge in [0.05, 0.1) is 25.3 Å². The average molecular weight is 297 g/mol. The van der Waals surface area contributed by atoms with Gasteiger partial charge < -0.3 is 14.8 Å². The molecule has 1 aliphatic heterocycles. The highest BCUT2D eigenvalue weighted by Gasteiger charge is 2.24. The summed E-state index contributed by atoms with van der Waals surface area (Å²) in [6, 6.07) is 13.4. The number of amides is 1. The summed E-state index contributed by atoms with van der Waals surface area (Å²) >= 11 is 0. The molecular formula is C18H19NO3. The van der Waals surface area contributed by atoms with Crippen molar-refractivity contribution in [2.75, 3.05) is 13.7 Å². The number of hydrogen-bond acceptors (Lipinski definition) is 3. The molecule has 0 saturated heterocycles. The first-order chi connectivity index (χ1) is 10.7. The van der Waals surface area contributed by atoms with Gasteiger partial charge in [0.1, 0.15) is 11.5 Å². The quantitative estimate of drug-likeness (QED) is 0.946. The molecule has 1 N–H and O–H groups in total. The number of carbonyl (C=O) groups excluding carboxylic acids is 1. The van der Waals surface area contributed by atoms with Crippen molar-refractivity contribution in [2.45, 2.75) is 19.4 Å². The van der Waals surface area contributed by atoms with E-state index in [4.69, 9.17) is 9.47 Å². The molecule has 2 aromatic carbocycles. The predicted molar refractivity (Wildman–Crippen MR) is 84.5 cm³/mol. The molecule has 0 radical (unpaired) electrons. The van der Waals surface area contributed by atoms with Gasteiger partial charge in [0, 0.05) is 12.0 Å². The third kappa shape index (κ3) is 2.77. The highest BCUT2D eigenvalue weighted by molar-refractivity contribution is 5.97. The molecule has 0 saturated carbocycles. The first-order valence-electron chi connectivity index (χ1n) is 7.36. The predicted octanol–water partition coefficient (Wildman–Crippen LogP) is 3.26. The van der Waals surface area contributed by atoms with Crippen LogP contribution in [0.25, 0.3) is 0 Å². The fraction of sp³-hybridized carbons (Fsp3) is 0.278. The SMILES string of the molecule is COc1ccc(C)cc1C(=O)N[C@H]1CCOc2ccccc21. The standard InChI is InChI=1S/C18H19NO3/c1-12-7-8-16(21-2)14(11-12)18(20)19-15-9-10-22-17-6-4-3-5-13(15)17/h3-8,11,15H,9-10H2,1-2H3,(H,19,20)/t15-/m0/s1. The van der Waals surface area contributed by atoms with Crippen LogP contribution in [0.3, 0.4) is 0 Å². The number of rotatable bonds is 3. The fourth-order valence-corrected chi connectivity index (χ4v) is 2.73. The zero-order valence-electron chi connectivity index (χ0n) is 12.8. The Morgan fingerprint density at radius 3 is 2.91 bits per heavy atom. The zero-order chi connectivity index (χ0) is 15.5. The van der Waals surface area contributed by atoms with E-state index in [-0.39, 0.29) is 11.9 Å². The van der Waals surface area contributed by atoms with E-state index in [1.165, 1.54) is 0 Å². The monoisotopic (exact) mass is 297 g/mol. The molecule has 0 aliphatic carbocycles. The Labute approximate surface area is 130 Å². The van der Waals surface area contributed by atoms with Crippen LogP contribution >= 0.6 is 0 Å². The largest absolute Gasteiger partial charge is 0.496 e. The van der Waals surface area contributed by atoms with Crippen LogP contribution in [0.1, 0.15) is 33.9 Å². The summed E-state index contributed by atoms with van der Waals surface area (Å²) < 4.78 is 10.9. The number of benzene rings is 2. The van der Waals surface area contributed by atoms with Crippen LogP contribution in [0.4, 0.5) is 0 Å². The number of methoxy groups -OCH3 is 1. The van der Waals surface area contributed by atoms with Gasteiger partial charge in [0.25, 0.3) is 5.91 Å². The minimum absolute atomic E-state index is 0.0392. The average Bonchev–Trinajstić information content (AvgIpc) is 2.55. The summed E-state index contributed by atoms with van der Waals surface area (Å²) in [5, 5.41) is 3.09. The van der Waals surface area contributed by atoms with E-state index in [1.54, 1.807) is 7.11 Å². The molecule has 4 nitrogen and oxygen atoms in total. The summed E-state index contributed by atoms with van der Waals surface area (Å²) in [7, 11) is 1.57. The van der Waals surface area contributed by atoms with E-state index >= 15 is 0 Å². The first-order valence-corrected chi connectivity index (χ1v) is 7.36. The molecule has 114 valence electrons. The van der Waals surface area contributed by atoms with Crippen molar-refractivity contribution in [2.24, 2.45) is 0 Å². The maximum atomic E-state index is 12.6. The molecule has 1 heterocycles. The lowest BCUT2D eigenvalue weighted by atomic mass is 10.00.